The molecule has 3 rings (SSSR count). The van der Waals surface area contributed by atoms with Gasteiger partial charge < -0.3 is 4.90 Å². The number of anilines is 1. The molecule has 0 unspecified atom stereocenters. The van der Waals surface area contributed by atoms with E-state index in [-0.39, 0.29) is 5.91 Å². The summed E-state index contributed by atoms with van der Waals surface area (Å²) in [6, 6.07) is 15.6. The van der Waals surface area contributed by atoms with Crippen LogP contribution in [0.25, 0.3) is 11.1 Å². The summed E-state index contributed by atoms with van der Waals surface area (Å²) < 4.78 is 0. The minimum absolute atomic E-state index is 0.0821. The van der Waals surface area contributed by atoms with Crippen LogP contribution in [0.1, 0.15) is 108 Å². The van der Waals surface area contributed by atoms with E-state index in [4.69, 9.17) is 0 Å². The molecule has 1 saturated carbocycles. The Labute approximate surface area is 214 Å². The lowest BCUT2D eigenvalue weighted by molar-refractivity contribution is -0.113. The van der Waals surface area contributed by atoms with E-state index in [1.54, 1.807) is 11.9 Å². The summed E-state index contributed by atoms with van der Waals surface area (Å²) in [7, 11) is 1.80. The molecule has 1 fully saturated rings. The Kier molecular flexibility index (Phi) is 11.1. The van der Waals surface area contributed by atoms with Crippen LogP contribution in [-0.2, 0) is 11.2 Å². The predicted molar refractivity (Wildman–Crippen MR) is 152 cm³/mol. The van der Waals surface area contributed by atoms with Crippen LogP contribution in [0.15, 0.2) is 55.1 Å². The van der Waals surface area contributed by atoms with Gasteiger partial charge in [-0.3, -0.25) is 4.79 Å². The van der Waals surface area contributed by atoms with Crippen LogP contribution in [0.3, 0.4) is 0 Å². The Morgan fingerprint density at radius 1 is 0.914 bits per heavy atom. The first-order valence-electron chi connectivity index (χ1n) is 14.2. The average molecular weight is 474 g/mol. The number of hydrogen-bond acceptors (Lipinski definition) is 1. The van der Waals surface area contributed by atoms with E-state index in [2.05, 4.69) is 56.8 Å². The second-order valence-electron chi connectivity index (χ2n) is 10.5. The summed E-state index contributed by atoms with van der Waals surface area (Å²) in [6.07, 6.45) is 19.2. The highest BCUT2D eigenvalue weighted by molar-refractivity contribution is 6.00. The number of benzene rings is 2. The topological polar surface area (TPSA) is 20.3 Å². The molecule has 0 heterocycles. The molecule has 190 valence electrons. The molecule has 0 atom stereocenters. The summed E-state index contributed by atoms with van der Waals surface area (Å²) in [6.45, 7) is 8.07. The summed E-state index contributed by atoms with van der Waals surface area (Å²) in [5.41, 5.74) is 6.22. The van der Waals surface area contributed by atoms with Gasteiger partial charge in [-0.15, -0.1) is 0 Å². The van der Waals surface area contributed by atoms with E-state index in [9.17, 15) is 4.79 Å². The van der Waals surface area contributed by atoms with Gasteiger partial charge in [0.05, 0.1) is 0 Å². The maximum Gasteiger partial charge on any atom is 0.250 e. The second-order valence-corrected chi connectivity index (χ2v) is 10.5. The number of likely N-dealkylation sites (N-methyl/N-ethyl adjacent to an activating group) is 1. The third-order valence-electron chi connectivity index (χ3n) is 8.12. The molecule has 0 saturated heterocycles. The first kappa shape index (κ1) is 27.2. The molecule has 1 amide bonds. The van der Waals surface area contributed by atoms with Crippen molar-refractivity contribution in [2.75, 3.05) is 11.9 Å². The van der Waals surface area contributed by atoms with Gasteiger partial charge in [-0.2, -0.15) is 0 Å². The van der Waals surface area contributed by atoms with Gasteiger partial charge >= 0.3 is 0 Å². The van der Waals surface area contributed by atoms with Crippen molar-refractivity contribution < 1.29 is 4.79 Å². The molecular weight excluding hydrogens is 426 g/mol. The maximum absolute atomic E-state index is 12.0. The Morgan fingerprint density at radius 3 is 2.20 bits per heavy atom. The van der Waals surface area contributed by atoms with Crippen LogP contribution >= 0.6 is 0 Å². The van der Waals surface area contributed by atoms with E-state index >= 15 is 0 Å². The largest absolute Gasteiger partial charge is 0.312 e. The normalized spacial score (nSPS) is 17.8. The van der Waals surface area contributed by atoms with Crippen LogP contribution < -0.4 is 4.90 Å². The fourth-order valence-electron chi connectivity index (χ4n) is 5.74. The highest BCUT2D eigenvalue weighted by Gasteiger charge is 2.22. The first-order valence-corrected chi connectivity index (χ1v) is 14.2. The molecule has 0 aromatic heterocycles. The number of hydrogen-bond donors (Lipinski definition) is 0. The van der Waals surface area contributed by atoms with Crippen molar-refractivity contribution in [3.63, 3.8) is 0 Å². The second kappa shape index (κ2) is 14.3. The predicted octanol–water partition coefficient (Wildman–Crippen LogP) is 9.48. The van der Waals surface area contributed by atoms with Gasteiger partial charge in [0, 0.05) is 12.7 Å². The van der Waals surface area contributed by atoms with Gasteiger partial charge in [-0.05, 0) is 84.4 Å². The molecule has 1 aliphatic rings. The molecule has 0 bridgehead atoms. The molecular formula is C33H47NO. The van der Waals surface area contributed by atoms with E-state index in [1.165, 1.54) is 105 Å². The van der Waals surface area contributed by atoms with Crippen molar-refractivity contribution in [1.29, 1.82) is 0 Å². The quantitative estimate of drug-likeness (QED) is 0.209. The molecule has 2 aromatic rings. The molecule has 2 heteroatoms. The summed E-state index contributed by atoms with van der Waals surface area (Å²) >= 11 is 0. The fourth-order valence-corrected chi connectivity index (χ4v) is 5.74. The van der Waals surface area contributed by atoms with Gasteiger partial charge in [0.15, 0.2) is 0 Å². The lowest BCUT2D eigenvalue weighted by Crippen LogP contribution is -2.23. The standard InChI is InChI=1S/C33H47NO/c1-5-8-9-10-11-12-13-14-26-15-17-28(18-16-26)29-19-21-30(22-20-29)32-24-23-31(25-27(32)6-2)34(4)33(35)7-3/h7,19-26,28H,3,5-6,8-18H2,1-2,4H3. The molecule has 0 spiro atoms. The van der Waals surface area contributed by atoms with Crippen molar-refractivity contribution in [2.24, 2.45) is 5.92 Å². The zero-order chi connectivity index (χ0) is 25.0. The smallest absolute Gasteiger partial charge is 0.250 e. The van der Waals surface area contributed by atoms with Crippen molar-refractivity contribution in [2.45, 2.75) is 103 Å². The number of aryl methyl sites for hydroxylation is 1. The number of rotatable bonds is 13. The first-order chi connectivity index (χ1) is 17.1. The Balaban J connectivity index is 1.52. The third-order valence-corrected chi connectivity index (χ3v) is 8.12. The number of carbonyl (C=O) groups is 1. The lowest BCUT2D eigenvalue weighted by atomic mass is 9.77. The van der Waals surface area contributed by atoms with Crippen molar-refractivity contribution in [3.8, 4) is 11.1 Å². The fraction of sp³-hybridized carbons (Fsp3) is 0.545. The number of amides is 1. The molecule has 2 nitrogen and oxygen atoms in total. The monoisotopic (exact) mass is 473 g/mol. The lowest BCUT2D eigenvalue weighted by Gasteiger charge is -2.29. The third kappa shape index (κ3) is 7.82. The SMILES string of the molecule is C=CC(=O)N(C)c1ccc(-c2ccc(C3CCC(CCCCCCCCC)CC3)cc2)c(CC)c1. The minimum atomic E-state index is -0.0821. The minimum Gasteiger partial charge on any atom is -0.312 e. The van der Waals surface area contributed by atoms with Crippen LogP contribution in [0.4, 0.5) is 5.69 Å². The highest BCUT2D eigenvalue weighted by atomic mass is 16.2. The Bertz CT molecular complexity index is 921. The number of nitrogens with zero attached hydrogens (tertiary/aromatic N) is 1. The average Bonchev–Trinajstić information content (AvgIpc) is 2.91. The molecule has 0 N–H and O–H groups in total. The summed E-state index contributed by atoms with van der Waals surface area (Å²) in [5, 5.41) is 0. The van der Waals surface area contributed by atoms with Crippen LogP contribution in [0.5, 0.6) is 0 Å². The van der Waals surface area contributed by atoms with Crippen LogP contribution in [-0.4, -0.2) is 13.0 Å². The van der Waals surface area contributed by atoms with Crippen molar-refractivity contribution in [3.05, 3.63) is 66.2 Å². The van der Waals surface area contributed by atoms with Gasteiger partial charge in [0.25, 0.3) is 0 Å². The van der Waals surface area contributed by atoms with E-state index in [1.807, 2.05) is 6.07 Å². The zero-order valence-electron chi connectivity index (χ0n) is 22.5. The maximum atomic E-state index is 12.0. The van der Waals surface area contributed by atoms with Crippen LogP contribution in [0.2, 0.25) is 0 Å². The zero-order valence-corrected chi connectivity index (χ0v) is 22.5. The van der Waals surface area contributed by atoms with Crippen molar-refractivity contribution >= 4 is 11.6 Å². The van der Waals surface area contributed by atoms with Gasteiger partial charge in [0.2, 0.25) is 5.91 Å². The van der Waals surface area contributed by atoms with Gasteiger partial charge in [-0.25, -0.2) is 0 Å². The Hall–Kier alpha value is -2.35. The van der Waals surface area contributed by atoms with E-state index < -0.39 is 0 Å². The van der Waals surface area contributed by atoms with E-state index in [0.717, 1.165) is 23.9 Å². The van der Waals surface area contributed by atoms with Gasteiger partial charge in [0.1, 0.15) is 0 Å². The van der Waals surface area contributed by atoms with E-state index in [0.29, 0.717) is 0 Å². The number of unbranched alkanes of at least 4 members (excludes halogenated alkanes) is 6. The molecule has 0 radical (unpaired) electrons. The summed E-state index contributed by atoms with van der Waals surface area (Å²) in [5.74, 6) is 1.60. The molecule has 0 aliphatic heterocycles. The highest BCUT2D eigenvalue weighted by Crippen LogP contribution is 2.38. The van der Waals surface area contributed by atoms with Crippen LogP contribution in [0, 0.1) is 5.92 Å². The molecule has 35 heavy (non-hydrogen) atoms. The number of carbonyl (C=O) groups excluding carboxylic acids is 1. The van der Waals surface area contributed by atoms with Gasteiger partial charge in [-0.1, -0.05) is 102 Å². The molecule has 1 aliphatic carbocycles. The molecule has 2 aromatic carbocycles. The Morgan fingerprint density at radius 2 is 1.57 bits per heavy atom. The summed E-state index contributed by atoms with van der Waals surface area (Å²) in [4.78, 5) is 13.6. The van der Waals surface area contributed by atoms with Crippen molar-refractivity contribution in [1.82, 2.24) is 0 Å².